The van der Waals surface area contributed by atoms with Gasteiger partial charge in [-0.25, -0.2) is 8.42 Å². The van der Waals surface area contributed by atoms with Gasteiger partial charge >= 0.3 is 0 Å². The van der Waals surface area contributed by atoms with Crippen molar-refractivity contribution in [3.05, 3.63) is 64.1 Å². The summed E-state index contributed by atoms with van der Waals surface area (Å²) in [6, 6.07) is 13.9. The first-order chi connectivity index (χ1) is 16.6. The van der Waals surface area contributed by atoms with Crippen LogP contribution in [-0.2, 0) is 26.2 Å². The molecule has 0 bridgehead atoms. The number of carbonyl (C=O) groups excluding carboxylic acids is 2. The molecule has 1 N–H and O–H groups in total. The van der Waals surface area contributed by atoms with Crippen molar-refractivity contribution in [3.63, 3.8) is 0 Å². The van der Waals surface area contributed by atoms with E-state index in [1.165, 1.54) is 11.3 Å². The molecule has 1 unspecified atom stereocenters. The van der Waals surface area contributed by atoms with E-state index >= 15 is 0 Å². The van der Waals surface area contributed by atoms with Gasteiger partial charge in [0.1, 0.15) is 12.6 Å². The van der Waals surface area contributed by atoms with E-state index < -0.39 is 22.0 Å². The van der Waals surface area contributed by atoms with Crippen molar-refractivity contribution < 1.29 is 18.0 Å². The predicted molar refractivity (Wildman–Crippen MR) is 143 cm³/mol. The van der Waals surface area contributed by atoms with Gasteiger partial charge in [-0.3, -0.25) is 13.9 Å². The summed E-state index contributed by atoms with van der Waals surface area (Å²) in [5.41, 5.74) is 2.04. The van der Waals surface area contributed by atoms with Crippen molar-refractivity contribution in [1.82, 2.24) is 10.2 Å². The molecule has 2 aromatic rings. The molecular weight excluding hydrogens is 530 g/mol. The lowest BCUT2D eigenvalue weighted by molar-refractivity contribution is -0.139. The maximum Gasteiger partial charge on any atom is 0.244 e. The van der Waals surface area contributed by atoms with Gasteiger partial charge in [0.2, 0.25) is 21.8 Å². The highest BCUT2D eigenvalue weighted by atomic mass is 79.9. The fourth-order valence-corrected chi connectivity index (χ4v) is 5.55. The zero-order valence-electron chi connectivity index (χ0n) is 20.5. The molecule has 2 aromatic carbocycles. The van der Waals surface area contributed by atoms with E-state index in [2.05, 4.69) is 21.2 Å². The standard InChI is InChI=1S/C26H34BrN3O4S/c1-19-9-7-8-12-24(19)30(35(3,33)34)18-25(31)29(17-21-13-15-22(27)16-14-21)20(2)26(32)28-23-10-5-4-6-11-23/h7-9,12-16,20,23H,4-6,10-11,17-18H2,1-3H3,(H,28,32). The van der Waals surface area contributed by atoms with E-state index in [0.717, 1.165) is 51.8 Å². The average molecular weight is 565 g/mol. The van der Waals surface area contributed by atoms with Gasteiger partial charge in [0.05, 0.1) is 11.9 Å². The van der Waals surface area contributed by atoms with Crippen LogP contribution in [0, 0.1) is 6.92 Å². The lowest BCUT2D eigenvalue weighted by Crippen LogP contribution is -2.53. The highest BCUT2D eigenvalue weighted by molar-refractivity contribution is 9.10. The number of aryl methyl sites for hydroxylation is 1. The second kappa shape index (κ2) is 12.0. The number of halogens is 1. The van der Waals surface area contributed by atoms with Gasteiger partial charge in [0.25, 0.3) is 0 Å². The van der Waals surface area contributed by atoms with Gasteiger partial charge in [-0.15, -0.1) is 0 Å². The van der Waals surface area contributed by atoms with Crippen molar-refractivity contribution in [2.24, 2.45) is 0 Å². The fourth-order valence-electron chi connectivity index (χ4n) is 4.38. The van der Waals surface area contributed by atoms with Crippen LogP contribution in [-0.4, -0.2) is 50.0 Å². The Bertz CT molecular complexity index is 1130. The molecule has 1 saturated carbocycles. The molecule has 35 heavy (non-hydrogen) atoms. The van der Waals surface area contributed by atoms with E-state index in [1.807, 2.05) is 30.3 Å². The lowest BCUT2D eigenvalue weighted by Gasteiger charge is -2.33. The van der Waals surface area contributed by atoms with Gasteiger partial charge in [-0.1, -0.05) is 65.5 Å². The summed E-state index contributed by atoms with van der Waals surface area (Å²) >= 11 is 3.42. The summed E-state index contributed by atoms with van der Waals surface area (Å²) in [7, 11) is -3.74. The molecule has 3 rings (SSSR count). The van der Waals surface area contributed by atoms with Crippen LogP contribution in [0.25, 0.3) is 0 Å². The molecule has 1 fully saturated rings. The molecule has 0 aliphatic heterocycles. The molecule has 7 nitrogen and oxygen atoms in total. The van der Waals surface area contributed by atoms with Crippen LogP contribution in [0.2, 0.25) is 0 Å². The zero-order valence-corrected chi connectivity index (χ0v) is 22.9. The summed E-state index contributed by atoms with van der Waals surface area (Å²) in [5.74, 6) is -0.656. The highest BCUT2D eigenvalue weighted by Gasteiger charge is 2.31. The Morgan fingerprint density at radius 3 is 2.29 bits per heavy atom. The van der Waals surface area contributed by atoms with Gasteiger partial charge in [0, 0.05) is 17.1 Å². The minimum Gasteiger partial charge on any atom is -0.352 e. The first-order valence-electron chi connectivity index (χ1n) is 11.9. The maximum absolute atomic E-state index is 13.6. The van der Waals surface area contributed by atoms with E-state index in [1.54, 1.807) is 32.0 Å². The third-order valence-corrected chi connectivity index (χ3v) is 8.10. The number of para-hydroxylation sites is 1. The maximum atomic E-state index is 13.6. The summed E-state index contributed by atoms with van der Waals surface area (Å²) in [6.45, 7) is 3.31. The number of carbonyl (C=O) groups is 2. The summed E-state index contributed by atoms with van der Waals surface area (Å²) in [4.78, 5) is 28.3. The summed E-state index contributed by atoms with van der Waals surface area (Å²) in [5, 5.41) is 3.10. The fraction of sp³-hybridized carbons (Fsp3) is 0.462. The summed E-state index contributed by atoms with van der Waals surface area (Å²) < 4.78 is 27.4. The van der Waals surface area contributed by atoms with E-state index in [9.17, 15) is 18.0 Å². The summed E-state index contributed by atoms with van der Waals surface area (Å²) in [6.07, 6.45) is 6.31. The molecule has 0 aromatic heterocycles. The number of amides is 2. The van der Waals surface area contributed by atoms with E-state index in [0.29, 0.717) is 5.69 Å². The second-order valence-electron chi connectivity index (χ2n) is 9.22. The largest absolute Gasteiger partial charge is 0.352 e. The molecule has 0 radical (unpaired) electrons. The molecule has 1 atom stereocenters. The number of nitrogens with one attached hydrogen (secondary N) is 1. The van der Waals surface area contributed by atoms with Crippen LogP contribution < -0.4 is 9.62 Å². The van der Waals surface area contributed by atoms with Crippen molar-refractivity contribution in [1.29, 1.82) is 0 Å². The molecule has 0 saturated heterocycles. The number of sulfonamides is 1. The zero-order chi connectivity index (χ0) is 25.6. The minimum atomic E-state index is -3.74. The van der Waals surface area contributed by atoms with Gasteiger partial charge in [0.15, 0.2) is 0 Å². The van der Waals surface area contributed by atoms with Gasteiger partial charge in [-0.2, -0.15) is 0 Å². The second-order valence-corrected chi connectivity index (χ2v) is 12.0. The molecule has 0 heterocycles. The Kier molecular flexibility index (Phi) is 9.35. The quantitative estimate of drug-likeness (QED) is 0.490. The third-order valence-electron chi connectivity index (χ3n) is 6.45. The average Bonchev–Trinajstić information content (AvgIpc) is 2.82. The van der Waals surface area contributed by atoms with Gasteiger partial charge in [-0.05, 0) is 56.0 Å². The Balaban J connectivity index is 1.87. The number of benzene rings is 2. The smallest absolute Gasteiger partial charge is 0.244 e. The van der Waals surface area contributed by atoms with Crippen molar-refractivity contribution in [2.45, 2.75) is 64.6 Å². The highest BCUT2D eigenvalue weighted by Crippen LogP contribution is 2.23. The van der Waals surface area contributed by atoms with Crippen molar-refractivity contribution >= 4 is 43.5 Å². The van der Waals surface area contributed by atoms with Gasteiger partial charge < -0.3 is 10.2 Å². The molecule has 190 valence electrons. The molecule has 1 aliphatic carbocycles. The molecule has 9 heteroatoms. The molecule has 1 aliphatic rings. The van der Waals surface area contributed by atoms with Crippen LogP contribution in [0.5, 0.6) is 0 Å². The van der Waals surface area contributed by atoms with Crippen LogP contribution in [0.15, 0.2) is 53.0 Å². The number of hydrogen-bond acceptors (Lipinski definition) is 4. The van der Waals surface area contributed by atoms with Crippen LogP contribution in [0.4, 0.5) is 5.69 Å². The molecule has 2 amide bonds. The first-order valence-corrected chi connectivity index (χ1v) is 14.6. The van der Waals surface area contributed by atoms with Crippen molar-refractivity contribution in [2.75, 3.05) is 17.1 Å². The number of nitrogens with zero attached hydrogens (tertiary/aromatic N) is 2. The lowest BCUT2D eigenvalue weighted by atomic mass is 9.95. The number of rotatable bonds is 9. The normalized spacial score (nSPS) is 15.3. The predicted octanol–water partition coefficient (Wildman–Crippen LogP) is 4.39. The third kappa shape index (κ3) is 7.54. The Labute approximate surface area is 217 Å². The van der Waals surface area contributed by atoms with Crippen LogP contribution in [0.3, 0.4) is 0 Å². The molecule has 0 spiro atoms. The number of hydrogen-bond donors (Lipinski definition) is 1. The topological polar surface area (TPSA) is 86.8 Å². The number of anilines is 1. The SMILES string of the molecule is Cc1ccccc1N(CC(=O)N(Cc1ccc(Br)cc1)C(C)C(=O)NC1CCCCC1)S(C)(=O)=O. The Morgan fingerprint density at radius 1 is 1.06 bits per heavy atom. The van der Waals surface area contributed by atoms with E-state index in [4.69, 9.17) is 0 Å². The monoisotopic (exact) mass is 563 g/mol. The minimum absolute atomic E-state index is 0.114. The van der Waals surface area contributed by atoms with E-state index in [-0.39, 0.29) is 25.0 Å². The van der Waals surface area contributed by atoms with Crippen molar-refractivity contribution in [3.8, 4) is 0 Å². The van der Waals surface area contributed by atoms with Crippen LogP contribution >= 0.6 is 15.9 Å². The Morgan fingerprint density at radius 2 is 1.69 bits per heavy atom. The Hall–Kier alpha value is -2.39. The first kappa shape index (κ1) is 27.2. The van der Waals surface area contributed by atoms with Crippen LogP contribution in [0.1, 0.15) is 50.2 Å². The molecular formula is C26H34BrN3O4S.